The molecule has 2 heterocycles. The molecule has 0 atom stereocenters. The largest absolute Gasteiger partial charge is 0.508 e. The normalized spacial score (nSPS) is 10.8. The first-order chi connectivity index (χ1) is 9.79. The molecule has 102 valence electrons. The van der Waals surface area contributed by atoms with Crippen molar-refractivity contribution in [1.82, 2.24) is 14.6 Å². The van der Waals surface area contributed by atoms with Gasteiger partial charge < -0.3 is 10.4 Å². The molecular weight excluding hydrogens is 252 g/mol. The van der Waals surface area contributed by atoms with Crippen molar-refractivity contribution in [2.45, 2.75) is 13.3 Å². The van der Waals surface area contributed by atoms with Gasteiger partial charge in [0.15, 0.2) is 5.65 Å². The summed E-state index contributed by atoms with van der Waals surface area (Å²) in [7, 11) is 0. The standard InChI is InChI=1S/C15H16N4O/c1-2-8-16-14-7-9-17-15-13(10-18-19(14)15)11-3-5-12(20)6-4-11/h3-7,9-10,16,20H,2,8H2,1H3. The molecular formula is C15H16N4O. The van der Waals surface area contributed by atoms with E-state index >= 15 is 0 Å². The number of hydrogen-bond acceptors (Lipinski definition) is 4. The first kappa shape index (κ1) is 12.5. The zero-order valence-electron chi connectivity index (χ0n) is 11.2. The average Bonchev–Trinajstić information content (AvgIpc) is 2.90. The molecule has 0 amide bonds. The molecule has 0 aliphatic heterocycles. The van der Waals surface area contributed by atoms with E-state index in [4.69, 9.17) is 0 Å². The minimum Gasteiger partial charge on any atom is -0.508 e. The summed E-state index contributed by atoms with van der Waals surface area (Å²) in [6.07, 6.45) is 4.63. The first-order valence-electron chi connectivity index (χ1n) is 6.65. The third-order valence-corrected chi connectivity index (χ3v) is 3.14. The second-order valence-corrected chi connectivity index (χ2v) is 4.60. The van der Waals surface area contributed by atoms with E-state index in [2.05, 4.69) is 22.3 Å². The molecule has 0 saturated heterocycles. The van der Waals surface area contributed by atoms with E-state index in [0.717, 1.165) is 35.6 Å². The summed E-state index contributed by atoms with van der Waals surface area (Å²) in [5.41, 5.74) is 2.74. The summed E-state index contributed by atoms with van der Waals surface area (Å²) in [5, 5.41) is 17.1. The van der Waals surface area contributed by atoms with Crippen LogP contribution < -0.4 is 5.32 Å². The van der Waals surface area contributed by atoms with Crippen LogP contribution >= 0.6 is 0 Å². The van der Waals surface area contributed by atoms with Crippen LogP contribution in [0.25, 0.3) is 16.8 Å². The Morgan fingerprint density at radius 3 is 2.75 bits per heavy atom. The summed E-state index contributed by atoms with van der Waals surface area (Å²) in [5.74, 6) is 1.19. The summed E-state index contributed by atoms with van der Waals surface area (Å²) in [4.78, 5) is 4.41. The monoisotopic (exact) mass is 268 g/mol. The van der Waals surface area contributed by atoms with Crippen LogP contribution in [0.1, 0.15) is 13.3 Å². The van der Waals surface area contributed by atoms with E-state index in [0.29, 0.717) is 0 Å². The quantitative estimate of drug-likeness (QED) is 0.763. The fourth-order valence-electron chi connectivity index (χ4n) is 2.12. The van der Waals surface area contributed by atoms with Crippen LogP contribution in [-0.4, -0.2) is 26.2 Å². The number of phenolic OH excluding ortho intramolecular Hbond substituents is 1. The zero-order chi connectivity index (χ0) is 13.9. The predicted molar refractivity (Wildman–Crippen MR) is 78.9 cm³/mol. The van der Waals surface area contributed by atoms with E-state index in [1.165, 1.54) is 0 Å². The third kappa shape index (κ3) is 2.18. The number of nitrogens with one attached hydrogen (secondary N) is 1. The maximum absolute atomic E-state index is 9.36. The lowest BCUT2D eigenvalue weighted by Gasteiger charge is -2.06. The van der Waals surface area contributed by atoms with Gasteiger partial charge in [-0.25, -0.2) is 4.98 Å². The van der Waals surface area contributed by atoms with Gasteiger partial charge >= 0.3 is 0 Å². The van der Waals surface area contributed by atoms with Crippen LogP contribution in [0, 0.1) is 0 Å². The van der Waals surface area contributed by atoms with Crippen molar-refractivity contribution >= 4 is 11.5 Å². The van der Waals surface area contributed by atoms with Crippen molar-refractivity contribution in [3.05, 3.63) is 42.7 Å². The van der Waals surface area contributed by atoms with E-state index in [1.807, 2.05) is 18.2 Å². The summed E-state index contributed by atoms with van der Waals surface area (Å²) in [6.45, 7) is 3.02. The SMILES string of the molecule is CCCNc1ccnc2c(-c3ccc(O)cc3)cnn12. The highest BCUT2D eigenvalue weighted by Crippen LogP contribution is 2.26. The number of rotatable bonds is 4. The van der Waals surface area contributed by atoms with Crippen molar-refractivity contribution in [2.75, 3.05) is 11.9 Å². The Labute approximate surface area is 116 Å². The Balaban J connectivity index is 2.07. The number of anilines is 1. The molecule has 0 radical (unpaired) electrons. The van der Waals surface area contributed by atoms with Gasteiger partial charge in [-0.2, -0.15) is 9.61 Å². The molecule has 5 heteroatoms. The van der Waals surface area contributed by atoms with Crippen LogP contribution in [0.5, 0.6) is 5.75 Å². The second-order valence-electron chi connectivity index (χ2n) is 4.60. The van der Waals surface area contributed by atoms with Crippen molar-refractivity contribution < 1.29 is 5.11 Å². The predicted octanol–water partition coefficient (Wildman–Crippen LogP) is 2.92. The van der Waals surface area contributed by atoms with Crippen molar-refractivity contribution in [3.8, 4) is 16.9 Å². The van der Waals surface area contributed by atoms with Crippen molar-refractivity contribution in [3.63, 3.8) is 0 Å². The van der Waals surface area contributed by atoms with Gasteiger partial charge in [-0.05, 0) is 30.2 Å². The number of hydrogen-bond donors (Lipinski definition) is 2. The van der Waals surface area contributed by atoms with Crippen molar-refractivity contribution in [1.29, 1.82) is 0 Å². The molecule has 5 nitrogen and oxygen atoms in total. The molecule has 2 aromatic heterocycles. The van der Waals surface area contributed by atoms with Gasteiger partial charge in [0, 0.05) is 18.3 Å². The van der Waals surface area contributed by atoms with E-state index in [1.54, 1.807) is 29.0 Å². The van der Waals surface area contributed by atoms with Crippen LogP contribution in [0.15, 0.2) is 42.7 Å². The Bertz CT molecular complexity index is 718. The fourth-order valence-corrected chi connectivity index (χ4v) is 2.12. The Morgan fingerprint density at radius 1 is 1.20 bits per heavy atom. The van der Waals surface area contributed by atoms with Gasteiger partial charge in [-0.15, -0.1) is 0 Å². The molecule has 3 rings (SSSR count). The molecule has 0 bridgehead atoms. The summed E-state index contributed by atoms with van der Waals surface area (Å²) < 4.78 is 1.80. The lowest BCUT2D eigenvalue weighted by molar-refractivity contribution is 0.475. The molecule has 1 aromatic carbocycles. The topological polar surface area (TPSA) is 62.5 Å². The van der Waals surface area contributed by atoms with E-state index in [9.17, 15) is 5.11 Å². The number of benzene rings is 1. The van der Waals surface area contributed by atoms with Crippen LogP contribution in [0.3, 0.4) is 0 Å². The van der Waals surface area contributed by atoms with Crippen LogP contribution in [0.2, 0.25) is 0 Å². The van der Waals surface area contributed by atoms with Crippen LogP contribution in [-0.2, 0) is 0 Å². The maximum Gasteiger partial charge on any atom is 0.165 e. The molecule has 20 heavy (non-hydrogen) atoms. The zero-order valence-corrected chi connectivity index (χ0v) is 11.2. The number of nitrogens with zero attached hydrogens (tertiary/aromatic N) is 3. The minimum atomic E-state index is 0.253. The highest BCUT2D eigenvalue weighted by molar-refractivity contribution is 5.78. The fraction of sp³-hybridized carbons (Fsp3) is 0.200. The number of phenols is 1. The molecule has 0 spiro atoms. The van der Waals surface area contributed by atoms with Crippen LogP contribution in [0.4, 0.5) is 5.82 Å². The van der Waals surface area contributed by atoms with Gasteiger partial charge in [-0.1, -0.05) is 19.1 Å². The lowest BCUT2D eigenvalue weighted by atomic mass is 10.1. The molecule has 0 saturated carbocycles. The Hall–Kier alpha value is -2.56. The molecule has 0 fully saturated rings. The highest BCUT2D eigenvalue weighted by atomic mass is 16.3. The average molecular weight is 268 g/mol. The molecule has 2 N–H and O–H groups in total. The first-order valence-corrected chi connectivity index (χ1v) is 6.65. The molecule has 0 unspecified atom stereocenters. The third-order valence-electron chi connectivity index (χ3n) is 3.14. The summed E-state index contributed by atoms with van der Waals surface area (Å²) in [6, 6.07) is 8.96. The lowest BCUT2D eigenvalue weighted by Crippen LogP contribution is -2.06. The van der Waals surface area contributed by atoms with E-state index < -0.39 is 0 Å². The Morgan fingerprint density at radius 2 is 2.00 bits per heavy atom. The molecule has 3 aromatic rings. The van der Waals surface area contributed by atoms with Gasteiger partial charge in [0.05, 0.1) is 6.20 Å². The van der Waals surface area contributed by atoms with Gasteiger partial charge in [0.1, 0.15) is 11.6 Å². The van der Waals surface area contributed by atoms with Gasteiger partial charge in [0.25, 0.3) is 0 Å². The smallest absolute Gasteiger partial charge is 0.165 e. The second kappa shape index (κ2) is 5.21. The van der Waals surface area contributed by atoms with Gasteiger partial charge in [-0.3, -0.25) is 0 Å². The van der Waals surface area contributed by atoms with Crippen molar-refractivity contribution in [2.24, 2.45) is 0 Å². The number of aromatic hydroxyl groups is 1. The number of aromatic nitrogens is 3. The molecule has 0 aliphatic rings. The summed E-state index contributed by atoms with van der Waals surface area (Å²) >= 11 is 0. The number of fused-ring (bicyclic) bond motifs is 1. The maximum atomic E-state index is 9.36. The Kier molecular flexibility index (Phi) is 3.25. The van der Waals surface area contributed by atoms with Gasteiger partial charge in [0.2, 0.25) is 0 Å². The molecule has 0 aliphatic carbocycles. The highest BCUT2D eigenvalue weighted by Gasteiger charge is 2.10. The minimum absolute atomic E-state index is 0.253. The van der Waals surface area contributed by atoms with E-state index in [-0.39, 0.29) is 5.75 Å².